The first-order valence-corrected chi connectivity index (χ1v) is 3.15. The normalized spacial score (nSPS) is 28.7. The number of carbonyl (C=O) groups excluding carboxylic acids is 1. The lowest BCUT2D eigenvalue weighted by atomic mass is 10.3. The smallest absolute Gasteiger partial charge is 0.285 e. The standard InChI is InChI=1S/C6H10N2O3/c1-6(3-9)8-2-4(11-6)5(7)10/h2,8-9H,3H2,1H3,(H2,7,10). The highest BCUT2D eigenvalue weighted by molar-refractivity contribution is 5.90. The van der Waals surface area contributed by atoms with Gasteiger partial charge in [-0.15, -0.1) is 0 Å². The molecule has 0 radical (unpaired) electrons. The SMILES string of the molecule is CC1(CO)NC=C(C(N)=O)O1. The van der Waals surface area contributed by atoms with E-state index in [9.17, 15) is 4.79 Å². The largest absolute Gasteiger partial charge is 0.459 e. The van der Waals surface area contributed by atoms with E-state index in [-0.39, 0.29) is 12.4 Å². The Labute approximate surface area is 63.8 Å². The number of rotatable bonds is 2. The molecule has 1 heterocycles. The number of nitrogens with two attached hydrogens (primary N) is 1. The molecule has 0 saturated carbocycles. The summed E-state index contributed by atoms with van der Waals surface area (Å²) in [5.74, 6) is -0.601. The summed E-state index contributed by atoms with van der Waals surface area (Å²) in [6.07, 6.45) is 1.35. The lowest BCUT2D eigenvalue weighted by molar-refractivity contribution is -0.121. The van der Waals surface area contributed by atoms with Gasteiger partial charge in [-0.1, -0.05) is 0 Å². The summed E-state index contributed by atoms with van der Waals surface area (Å²) in [6, 6.07) is 0. The van der Waals surface area contributed by atoms with Crippen molar-refractivity contribution in [1.82, 2.24) is 5.32 Å². The van der Waals surface area contributed by atoms with Crippen molar-refractivity contribution in [2.45, 2.75) is 12.6 Å². The molecular weight excluding hydrogens is 148 g/mol. The molecule has 1 rings (SSSR count). The van der Waals surface area contributed by atoms with Gasteiger partial charge in [0, 0.05) is 6.20 Å². The maximum atomic E-state index is 10.5. The van der Waals surface area contributed by atoms with E-state index in [0.29, 0.717) is 0 Å². The lowest BCUT2D eigenvalue weighted by Crippen LogP contribution is -2.41. The van der Waals surface area contributed by atoms with Crippen LogP contribution in [0.15, 0.2) is 12.0 Å². The number of hydrogen-bond donors (Lipinski definition) is 3. The monoisotopic (exact) mass is 158 g/mol. The van der Waals surface area contributed by atoms with Gasteiger partial charge in [0.25, 0.3) is 5.91 Å². The van der Waals surface area contributed by atoms with Crippen molar-refractivity contribution < 1.29 is 14.6 Å². The second-order valence-corrected chi connectivity index (χ2v) is 2.51. The molecule has 0 bridgehead atoms. The van der Waals surface area contributed by atoms with Gasteiger partial charge < -0.3 is 20.9 Å². The molecule has 62 valence electrons. The summed E-state index contributed by atoms with van der Waals surface area (Å²) < 4.78 is 4.98. The average Bonchev–Trinajstić information content (AvgIpc) is 2.33. The van der Waals surface area contributed by atoms with Crippen LogP contribution < -0.4 is 11.1 Å². The van der Waals surface area contributed by atoms with E-state index in [0.717, 1.165) is 0 Å². The van der Waals surface area contributed by atoms with E-state index >= 15 is 0 Å². The summed E-state index contributed by atoms with van der Waals surface area (Å²) in [5, 5.41) is 11.4. The molecule has 11 heavy (non-hydrogen) atoms. The third kappa shape index (κ3) is 1.43. The molecule has 5 nitrogen and oxygen atoms in total. The van der Waals surface area contributed by atoms with Crippen LogP contribution in [0.25, 0.3) is 0 Å². The molecule has 0 aromatic heterocycles. The Kier molecular flexibility index (Phi) is 1.74. The highest BCUT2D eigenvalue weighted by atomic mass is 16.5. The first kappa shape index (κ1) is 7.87. The van der Waals surface area contributed by atoms with E-state index in [1.165, 1.54) is 6.20 Å². The highest BCUT2D eigenvalue weighted by Crippen LogP contribution is 2.17. The van der Waals surface area contributed by atoms with Gasteiger partial charge in [0.05, 0.1) is 0 Å². The summed E-state index contributed by atoms with van der Waals surface area (Å²) in [6.45, 7) is 1.39. The Morgan fingerprint density at radius 2 is 2.64 bits per heavy atom. The second-order valence-electron chi connectivity index (χ2n) is 2.51. The molecule has 4 N–H and O–H groups in total. The number of carbonyl (C=O) groups is 1. The minimum atomic E-state index is -0.898. The molecule has 1 atom stereocenters. The summed E-state index contributed by atoms with van der Waals surface area (Å²) in [4.78, 5) is 10.5. The van der Waals surface area contributed by atoms with E-state index in [1.54, 1.807) is 6.92 Å². The van der Waals surface area contributed by atoms with Gasteiger partial charge in [-0.3, -0.25) is 4.79 Å². The van der Waals surface area contributed by atoms with E-state index in [1.807, 2.05) is 0 Å². The minimum Gasteiger partial charge on any atom is -0.459 e. The molecule has 0 aromatic rings. The molecule has 0 aromatic carbocycles. The Balaban J connectivity index is 2.62. The van der Waals surface area contributed by atoms with Crippen LogP contribution in [0.2, 0.25) is 0 Å². The van der Waals surface area contributed by atoms with Crippen LogP contribution in [-0.4, -0.2) is 23.3 Å². The van der Waals surface area contributed by atoms with Crippen molar-refractivity contribution in [3.05, 3.63) is 12.0 Å². The fourth-order valence-electron chi connectivity index (χ4n) is 0.719. The molecule has 1 unspecified atom stereocenters. The Morgan fingerprint density at radius 1 is 2.00 bits per heavy atom. The first-order valence-electron chi connectivity index (χ1n) is 3.15. The van der Waals surface area contributed by atoms with Crippen molar-refractivity contribution in [3.63, 3.8) is 0 Å². The van der Waals surface area contributed by atoms with Crippen LogP contribution >= 0.6 is 0 Å². The number of hydrogen-bond acceptors (Lipinski definition) is 4. The van der Waals surface area contributed by atoms with E-state index in [4.69, 9.17) is 15.6 Å². The number of aliphatic hydroxyl groups excluding tert-OH is 1. The fourth-order valence-corrected chi connectivity index (χ4v) is 0.719. The maximum absolute atomic E-state index is 10.5. The second kappa shape index (κ2) is 2.43. The number of nitrogens with one attached hydrogen (secondary N) is 1. The van der Waals surface area contributed by atoms with Crippen LogP contribution in [0.3, 0.4) is 0 Å². The molecule has 1 aliphatic heterocycles. The van der Waals surface area contributed by atoms with Gasteiger partial charge in [0.15, 0.2) is 0 Å². The van der Waals surface area contributed by atoms with Gasteiger partial charge in [-0.05, 0) is 6.92 Å². The van der Waals surface area contributed by atoms with Crippen LogP contribution in [0, 0.1) is 0 Å². The van der Waals surface area contributed by atoms with Gasteiger partial charge >= 0.3 is 0 Å². The maximum Gasteiger partial charge on any atom is 0.285 e. The van der Waals surface area contributed by atoms with Gasteiger partial charge in [0.1, 0.15) is 6.61 Å². The molecule has 1 amide bonds. The van der Waals surface area contributed by atoms with Gasteiger partial charge in [-0.2, -0.15) is 0 Å². The van der Waals surface area contributed by atoms with Crippen molar-refractivity contribution in [2.24, 2.45) is 5.73 Å². The zero-order valence-electron chi connectivity index (χ0n) is 6.13. The summed E-state index contributed by atoms with van der Waals surface area (Å²) in [7, 11) is 0. The molecule has 0 fully saturated rings. The molecule has 0 aliphatic carbocycles. The van der Waals surface area contributed by atoms with E-state index < -0.39 is 11.6 Å². The Morgan fingerprint density at radius 3 is 2.91 bits per heavy atom. The number of aliphatic hydroxyl groups is 1. The summed E-state index contributed by atoms with van der Waals surface area (Å²) in [5.41, 5.74) is 4.02. The van der Waals surface area contributed by atoms with E-state index in [2.05, 4.69) is 5.32 Å². The number of primary amides is 1. The summed E-state index contributed by atoms with van der Waals surface area (Å²) >= 11 is 0. The third-order valence-electron chi connectivity index (χ3n) is 1.39. The number of ether oxygens (including phenoxy) is 1. The predicted molar refractivity (Wildman–Crippen MR) is 37.0 cm³/mol. The highest BCUT2D eigenvalue weighted by Gasteiger charge is 2.31. The van der Waals surface area contributed by atoms with Crippen LogP contribution in [0.1, 0.15) is 6.92 Å². The van der Waals surface area contributed by atoms with Crippen LogP contribution in [0.4, 0.5) is 0 Å². The predicted octanol–water partition coefficient (Wildman–Crippen LogP) is -1.36. The first-order chi connectivity index (χ1) is 5.07. The van der Waals surface area contributed by atoms with Crippen molar-refractivity contribution in [3.8, 4) is 0 Å². The quantitative estimate of drug-likeness (QED) is 0.463. The van der Waals surface area contributed by atoms with Crippen molar-refractivity contribution in [2.75, 3.05) is 6.61 Å². The zero-order chi connectivity index (χ0) is 8.48. The molecule has 5 heteroatoms. The average molecular weight is 158 g/mol. The molecular formula is C6H10N2O3. The third-order valence-corrected chi connectivity index (χ3v) is 1.39. The zero-order valence-corrected chi connectivity index (χ0v) is 6.13. The van der Waals surface area contributed by atoms with Gasteiger partial charge in [0.2, 0.25) is 11.5 Å². The minimum absolute atomic E-state index is 0.0431. The van der Waals surface area contributed by atoms with Crippen LogP contribution in [0.5, 0.6) is 0 Å². The molecule has 1 aliphatic rings. The molecule has 0 saturated heterocycles. The fraction of sp³-hybridized carbons (Fsp3) is 0.500. The van der Waals surface area contributed by atoms with Crippen molar-refractivity contribution in [1.29, 1.82) is 0 Å². The van der Waals surface area contributed by atoms with Gasteiger partial charge in [-0.25, -0.2) is 0 Å². The Hall–Kier alpha value is -1.23. The molecule has 0 spiro atoms. The lowest BCUT2D eigenvalue weighted by Gasteiger charge is -2.21. The van der Waals surface area contributed by atoms with Crippen molar-refractivity contribution >= 4 is 5.91 Å². The Bertz CT molecular complexity index is 214. The topological polar surface area (TPSA) is 84.6 Å². The number of amides is 1. The van der Waals surface area contributed by atoms with Crippen LogP contribution in [-0.2, 0) is 9.53 Å².